The van der Waals surface area contributed by atoms with Gasteiger partial charge in [0, 0.05) is 17.3 Å². The average molecular weight is 347 g/mol. The molecule has 0 fully saturated rings. The lowest BCUT2D eigenvalue weighted by Crippen LogP contribution is -2.37. The Morgan fingerprint density at radius 2 is 2.00 bits per heavy atom. The second-order valence-corrected chi connectivity index (χ2v) is 7.76. The van der Waals surface area contributed by atoms with Crippen LogP contribution >= 0.6 is 11.3 Å². The van der Waals surface area contributed by atoms with Crippen molar-refractivity contribution in [2.75, 3.05) is 6.54 Å². The molecule has 2 amide bonds. The molecule has 0 saturated heterocycles. The molecule has 0 saturated carbocycles. The van der Waals surface area contributed by atoms with E-state index in [0.29, 0.717) is 6.54 Å². The van der Waals surface area contributed by atoms with Crippen LogP contribution in [0.25, 0.3) is 0 Å². The van der Waals surface area contributed by atoms with Crippen LogP contribution in [0, 0.1) is 6.92 Å². The summed E-state index contributed by atoms with van der Waals surface area (Å²) in [5, 5.41) is 18.5. The topological polar surface area (TPSA) is 74.2 Å². The summed E-state index contributed by atoms with van der Waals surface area (Å²) in [4.78, 5) is 16.4. The molecule has 1 atom stereocenters. The van der Waals surface area contributed by atoms with Crippen molar-refractivity contribution in [2.24, 2.45) is 0 Å². The fourth-order valence-electron chi connectivity index (χ4n) is 2.21. The maximum atomic E-state index is 11.9. The molecule has 1 heterocycles. The van der Waals surface area contributed by atoms with Gasteiger partial charge in [-0.25, -0.2) is 9.78 Å². The second kappa shape index (κ2) is 7.77. The number of nitrogens with one attached hydrogen (secondary N) is 2. The van der Waals surface area contributed by atoms with E-state index < -0.39 is 6.10 Å². The smallest absolute Gasteiger partial charge is 0.315 e. The van der Waals surface area contributed by atoms with Gasteiger partial charge in [-0.1, -0.05) is 45.0 Å². The zero-order chi connectivity index (χ0) is 17.7. The molecular formula is C18H25N3O2S. The van der Waals surface area contributed by atoms with Gasteiger partial charge >= 0.3 is 6.03 Å². The van der Waals surface area contributed by atoms with E-state index in [2.05, 4.69) is 36.4 Å². The molecule has 0 aliphatic heterocycles. The number of aromatic nitrogens is 1. The van der Waals surface area contributed by atoms with Gasteiger partial charge < -0.3 is 15.7 Å². The van der Waals surface area contributed by atoms with Gasteiger partial charge in [0.1, 0.15) is 5.01 Å². The van der Waals surface area contributed by atoms with Crippen LogP contribution in [0.15, 0.2) is 29.6 Å². The van der Waals surface area contributed by atoms with Gasteiger partial charge in [-0.15, -0.1) is 11.3 Å². The summed E-state index contributed by atoms with van der Waals surface area (Å²) in [7, 11) is 0. The number of benzene rings is 1. The molecule has 1 unspecified atom stereocenters. The van der Waals surface area contributed by atoms with E-state index in [4.69, 9.17) is 0 Å². The molecule has 130 valence electrons. The van der Waals surface area contributed by atoms with Gasteiger partial charge in [0.25, 0.3) is 0 Å². The van der Waals surface area contributed by atoms with E-state index in [1.54, 1.807) is 0 Å². The Labute approximate surface area is 147 Å². The van der Waals surface area contributed by atoms with Crippen LogP contribution in [0.2, 0.25) is 0 Å². The Morgan fingerprint density at radius 3 is 2.62 bits per heavy atom. The highest BCUT2D eigenvalue weighted by Crippen LogP contribution is 2.23. The van der Waals surface area contributed by atoms with Crippen LogP contribution in [-0.4, -0.2) is 22.7 Å². The SMILES string of the molecule is Cc1ccccc1C(O)CNC(=O)NCc1nc(C(C)(C)C)cs1. The summed E-state index contributed by atoms with van der Waals surface area (Å²) in [6.45, 7) is 8.82. The van der Waals surface area contributed by atoms with Gasteiger partial charge in [-0.2, -0.15) is 0 Å². The van der Waals surface area contributed by atoms with E-state index in [1.807, 2.05) is 36.6 Å². The van der Waals surface area contributed by atoms with Gasteiger partial charge in [-0.3, -0.25) is 0 Å². The largest absolute Gasteiger partial charge is 0.387 e. The Bertz CT molecular complexity index is 692. The third kappa shape index (κ3) is 5.04. The molecule has 0 bridgehead atoms. The lowest BCUT2D eigenvalue weighted by Gasteiger charge is -2.15. The summed E-state index contributed by atoms with van der Waals surface area (Å²) in [5.41, 5.74) is 2.87. The van der Waals surface area contributed by atoms with Gasteiger partial charge in [-0.05, 0) is 18.1 Å². The molecule has 0 aliphatic rings. The van der Waals surface area contributed by atoms with Gasteiger partial charge in [0.2, 0.25) is 0 Å². The lowest BCUT2D eigenvalue weighted by molar-refractivity contribution is 0.172. The first kappa shape index (κ1) is 18.4. The molecule has 0 spiro atoms. The summed E-state index contributed by atoms with van der Waals surface area (Å²) in [6, 6.07) is 7.29. The fourth-order valence-corrected chi connectivity index (χ4v) is 3.18. The first-order valence-corrected chi connectivity index (χ1v) is 8.85. The number of aryl methyl sites for hydroxylation is 1. The van der Waals surface area contributed by atoms with E-state index in [0.717, 1.165) is 21.8 Å². The fraction of sp³-hybridized carbons (Fsp3) is 0.444. The van der Waals surface area contributed by atoms with Crippen molar-refractivity contribution in [2.45, 2.75) is 45.8 Å². The number of carbonyl (C=O) groups excluding carboxylic acids is 1. The number of hydrogen-bond donors (Lipinski definition) is 3. The van der Waals surface area contributed by atoms with Crippen molar-refractivity contribution in [1.29, 1.82) is 0 Å². The van der Waals surface area contributed by atoms with Crippen LogP contribution < -0.4 is 10.6 Å². The lowest BCUT2D eigenvalue weighted by atomic mass is 9.93. The number of rotatable bonds is 5. The van der Waals surface area contributed by atoms with Crippen molar-refractivity contribution in [1.82, 2.24) is 15.6 Å². The van der Waals surface area contributed by atoms with Crippen LogP contribution in [0.4, 0.5) is 4.79 Å². The zero-order valence-corrected chi connectivity index (χ0v) is 15.4. The van der Waals surface area contributed by atoms with Crippen molar-refractivity contribution in [3.8, 4) is 0 Å². The second-order valence-electron chi connectivity index (χ2n) is 6.81. The molecule has 3 N–H and O–H groups in total. The molecule has 1 aromatic carbocycles. The normalized spacial score (nSPS) is 12.7. The zero-order valence-electron chi connectivity index (χ0n) is 14.6. The highest BCUT2D eigenvalue weighted by Gasteiger charge is 2.17. The monoisotopic (exact) mass is 347 g/mol. The molecule has 1 aromatic heterocycles. The molecule has 5 nitrogen and oxygen atoms in total. The van der Waals surface area contributed by atoms with Crippen molar-refractivity contribution < 1.29 is 9.90 Å². The molecule has 2 rings (SSSR count). The Morgan fingerprint density at radius 1 is 1.29 bits per heavy atom. The number of amides is 2. The molecule has 0 aliphatic carbocycles. The van der Waals surface area contributed by atoms with Gasteiger partial charge in [0.05, 0.1) is 18.3 Å². The van der Waals surface area contributed by atoms with Crippen LogP contribution in [0.3, 0.4) is 0 Å². The summed E-state index contributed by atoms with van der Waals surface area (Å²) >= 11 is 1.54. The van der Waals surface area contributed by atoms with Crippen LogP contribution in [0.5, 0.6) is 0 Å². The van der Waals surface area contributed by atoms with Crippen LogP contribution in [0.1, 0.15) is 48.7 Å². The number of hydrogen-bond acceptors (Lipinski definition) is 4. The number of thiazole rings is 1. The third-order valence-electron chi connectivity index (χ3n) is 3.72. The minimum Gasteiger partial charge on any atom is -0.387 e. The Hall–Kier alpha value is -1.92. The number of urea groups is 1. The van der Waals surface area contributed by atoms with Gasteiger partial charge in [0.15, 0.2) is 0 Å². The molecule has 6 heteroatoms. The van der Waals surface area contributed by atoms with E-state index in [-0.39, 0.29) is 18.0 Å². The van der Waals surface area contributed by atoms with Crippen molar-refractivity contribution in [3.63, 3.8) is 0 Å². The summed E-state index contributed by atoms with van der Waals surface area (Å²) in [6.07, 6.45) is -0.718. The molecule has 2 aromatic rings. The molecular weight excluding hydrogens is 322 g/mol. The summed E-state index contributed by atoms with van der Waals surface area (Å²) < 4.78 is 0. The molecule has 24 heavy (non-hydrogen) atoms. The first-order chi connectivity index (χ1) is 11.3. The van der Waals surface area contributed by atoms with Crippen LogP contribution in [-0.2, 0) is 12.0 Å². The third-order valence-corrected chi connectivity index (χ3v) is 4.57. The minimum absolute atomic E-state index is 0.00859. The Kier molecular flexibility index (Phi) is 5.96. The number of carbonyl (C=O) groups is 1. The summed E-state index contributed by atoms with van der Waals surface area (Å²) in [5.74, 6) is 0. The quantitative estimate of drug-likeness (QED) is 0.777. The number of nitrogens with zero attached hydrogens (tertiary/aromatic N) is 1. The van der Waals surface area contributed by atoms with Crippen molar-refractivity contribution >= 4 is 17.4 Å². The van der Waals surface area contributed by atoms with E-state index in [9.17, 15) is 9.90 Å². The standard InChI is InChI=1S/C18H25N3O2S/c1-12-7-5-6-8-13(12)14(22)9-19-17(23)20-10-16-21-15(11-24-16)18(2,3)4/h5-8,11,14,22H,9-10H2,1-4H3,(H2,19,20,23). The predicted molar refractivity (Wildman–Crippen MR) is 97.2 cm³/mol. The predicted octanol–water partition coefficient (Wildman–Crippen LogP) is 3.28. The minimum atomic E-state index is -0.718. The average Bonchev–Trinajstić information content (AvgIpc) is 3.00. The van der Waals surface area contributed by atoms with Crippen molar-refractivity contribution in [3.05, 3.63) is 51.5 Å². The Balaban J connectivity index is 1.79. The highest BCUT2D eigenvalue weighted by atomic mass is 32.1. The highest BCUT2D eigenvalue weighted by molar-refractivity contribution is 7.09. The van der Waals surface area contributed by atoms with E-state index >= 15 is 0 Å². The van der Waals surface area contributed by atoms with E-state index in [1.165, 1.54) is 11.3 Å². The number of aliphatic hydroxyl groups is 1. The first-order valence-electron chi connectivity index (χ1n) is 7.97. The number of aliphatic hydroxyl groups excluding tert-OH is 1. The molecule has 0 radical (unpaired) electrons. The maximum Gasteiger partial charge on any atom is 0.315 e. The maximum absolute atomic E-state index is 11.9.